The van der Waals surface area contributed by atoms with Crippen LogP contribution >= 0.6 is 0 Å². The molecule has 0 amide bonds. The van der Waals surface area contributed by atoms with Crippen molar-refractivity contribution in [2.24, 2.45) is 0 Å². The maximum atomic E-state index is 12.7. The normalized spacial score (nSPS) is 11.3. The zero-order valence-corrected chi connectivity index (χ0v) is 7.64. The van der Waals surface area contributed by atoms with Gasteiger partial charge < -0.3 is 9.47 Å². The summed E-state index contributed by atoms with van der Waals surface area (Å²) in [5.74, 6) is -1.39. The first-order valence-corrected chi connectivity index (χ1v) is 3.82. The first kappa shape index (κ1) is 11.5. The molecule has 0 unspecified atom stereocenters. The number of pyridine rings is 1. The van der Waals surface area contributed by atoms with E-state index in [0.29, 0.717) is 0 Å². The monoisotopic (exact) mass is 225 g/mol. The minimum absolute atomic E-state index is 0.0414. The number of nitrogens with zero attached hydrogens (tertiary/aromatic N) is 1. The first-order valence-electron chi connectivity index (χ1n) is 3.82. The predicted octanol–water partition coefficient (Wildman–Crippen LogP) is 2.17. The Hall–Kier alpha value is -1.53. The molecule has 1 heterocycles. The van der Waals surface area contributed by atoms with Gasteiger partial charge in [-0.3, -0.25) is 0 Å². The Kier molecular flexibility index (Phi) is 3.33. The molecule has 0 aliphatic heterocycles. The van der Waals surface area contributed by atoms with Gasteiger partial charge in [-0.25, -0.2) is 0 Å². The lowest BCUT2D eigenvalue weighted by Gasteiger charge is -2.09. The molecular formula is C8H7F4NO2. The molecule has 7 heteroatoms. The van der Waals surface area contributed by atoms with Crippen LogP contribution in [0, 0.1) is 5.95 Å². The van der Waals surface area contributed by atoms with Crippen LogP contribution < -0.4 is 9.47 Å². The number of hydrogen-bond acceptors (Lipinski definition) is 3. The van der Waals surface area contributed by atoms with Crippen LogP contribution in [0.15, 0.2) is 12.1 Å². The molecule has 84 valence electrons. The highest BCUT2D eigenvalue weighted by Gasteiger charge is 2.28. The number of methoxy groups -OCH3 is 1. The van der Waals surface area contributed by atoms with Crippen LogP contribution in [0.3, 0.4) is 0 Å². The third kappa shape index (κ3) is 4.01. The van der Waals surface area contributed by atoms with Gasteiger partial charge in [-0.1, -0.05) is 0 Å². The van der Waals surface area contributed by atoms with E-state index in [2.05, 4.69) is 14.5 Å². The summed E-state index contributed by atoms with van der Waals surface area (Å²) in [6.07, 6.45) is -4.48. The van der Waals surface area contributed by atoms with E-state index in [0.717, 1.165) is 12.1 Å². The molecule has 0 aromatic carbocycles. The Balaban J connectivity index is 2.73. The number of hydrogen-bond donors (Lipinski definition) is 0. The minimum Gasteiger partial charge on any atom is -0.496 e. The third-order valence-electron chi connectivity index (χ3n) is 1.36. The summed E-state index contributed by atoms with van der Waals surface area (Å²) in [5.41, 5.74) is 0. The van der Waals surface area contributed by atoms with E-state index in [9.17, 15) is 17.6 Å². The number of aromatic nitrogens is 1. The number of halogens is 4. The van der Waals surface area contributed by atoms with E-state index in [4.69, 9.17) is 0 Å². The van der Waals surface area contributed by atoms with E-state index in [-0.39, 0.29) is 5.75 Å². The van der Waals surface area contributed by atoms with Gasteiger partial charge in [0.25, 0.3) is 0 Å². The van der Waals surface area contributed by atoms with Crippen LogP contribution in [0.25, 0.3) is 0 Å². The molecule has 0 radical (unpaired) electrons. The molecule has 1 rings (SSSR count). The van der Waals surface area contributed by atoms with Crippen molar-refractivity contribution in [1.29, 1.82) is 0 Å². The van der Waals surface area contributed by atoms with Gasteiger partial charge in [-0.15, -0.1) is 0 Å². The maximum absolute atomic E-state index is 12.7. The van der Waals surface area contributed by atoms with Crippen molar-refractivity contribution < 1.29 is 27.0 Å². The molecule has 15 heavy (non-hydrogen) atoms. The summed E-state index contributed by atoms with van der Waals surface area (Å²) in [6.45, 7) is -1.52. The van der Waals surface area contributed by atoms with Gasteiger partial charge in [0.1, 0.15) is 5.75 Å². The second kappa shape index (κ2) is 4.33. The maximum Gasteiger partial charge on any atom is 0.422 e. The van der Waals surface area contributed by atoms with E-state index >= 15 is 0 Å². The molecule has 0 N–H and O–H groups in total. The zero-order valence-electron chi connectivity index (χ0n) is 7.64. The van der Waals surface area contributed by atoms with Crippen molar-refractivity contribution in [1.82, 2.24) is 4.98 Å². The van der Waals surface area contributed by atoms with Gasteiger partial charge in [-0.05, 0) is 0 Å². The lowest BCUT2D eigenvalue weighted by Crippen LogP contribution is -2.19. The van der Waals surface area contributed by atoms with Crippen LogP contribution in [0.2, 0.25) is 0 Å². The molecule has 1 aromatic heterocycles. The first-order chi connectivity index (χ1) is 6.90. The molecule has 0 spiro atoms. The van der Waals surface area contributed by atoms with Crippen molar-refractivity contribution in [2.75, 3.05) is 13.7 Å². The smallest absolute Gasteiger partial charge is 0.422 e. The van der Waals surface area contributed by atoms with Crippen LogP contribution in [-0.2, 0) is 0 Å². The van der Waals surface area contributed by atoms with Gasteiger partial charge in [0.05, 0.1) is 7.11 Å². The lowest BCUT2D eigenvalue weighted by atomic mass is 10.4. The molecule has 0 aliphatic carbocycles. The second-order valence-electron chi connectivity index (χ2n) is 2.57. The Labute approximate surface area is 82.6 Å². The predicted molar refractivity (Wildman–Crippen MR) is 42.3 cm³/mol. The van der Waals surface area contributed by atoms with Crippen LogP contribution in [0.4, 0.5) is 17.6 Å². The van der Waals surface area contributed by atoms with E-state index < -0.39 is 24.6 Å². The lowest BCUT2D eigenvalue weighted by molar-refractivity contribution is -0.154. The average Bonchev–Trinajstić information content (AvgIpc) is 2.13. The highest BCUT2D eigenvalue weighted by atomic mass is 19.4. The molecule has 0 saturated heterocycles. The van der Waals surface area contributed by atoms with Gasteiger partial charge in [-0.2, -0.15) is 22.5 Å². The fourth-order valence-corrected chi connectivity index (χ4v) is 0.798. The Bertz CT molecular complexity index is 340. The van der Waals surface area contributed by atoms with Crippen molar-refractivity contribution in [2.45, 2.75) is 6.18 Å². The molecule has 0 saturated carbocycles. The summed E-state index contributed by atoms with van der Waals surface area (Å²) in [4.78, 5) is 3.12. The highest BCUT2D eigenvalue weighted by molar-refractivity contribution is 5.26. The van der Waals surface area contributed by atoms with Gasteiger partial charge in [0, 0.05) is 12.1 Å². The average molecular weight is 225 g/mol. The Morgan fingerprint density at radius 2 is 2.00 bits per heavy atom. The van der Waals surface area contributed by atoms with E-state index in [1.165, 1.54) is 7.11 Å². The van der Waals surface area contributed by atoms with Crippen molar-refractivity contribution in [3.8, 4) is 11.6 Å². The molecule has 1 aromatic rings. The third-order valence-corrected chi connectivity index (χ3v) is 1.36. The summed E-state index contributed by atoms with van der Waals surface area (Å²) in [6, 6.07) is 2.00. The van der Waals surface area contributed by atoms with Crippen LogP contribution in [-0.4, -0.2) is 24.9 Å². The topological polar surface area (TPSA) is 31.4 Å². The van der Waals surface area contributed by atoms with Crippen LogP contribution in [0.1, 0.15) is 0 Å². The quantitative estimate of drug-likeness (QED) is 0.583. The largest absolute Gasteiger partial charge is 0.496 e. The Morgan fingerprint density at radius 1 is 1.33 bits per heavy atom. The van der Waals surface area contributed by atoms with Gasteiger partial charge in [0.15, 0.2) is 6.61 Å². The molecule has 0 bridgehead atoms. The number of alkyl halides is 3. The SMILES string of the molecule is COc1cc(F)nc(OCC(F)(F)F)c1. The molecule has 0 fully saturated rings. The standard InChI is InChI=1S/C8H7F4NO2/c1-14-5-2-6(9)13-7(3-5)15-4-8(10,11)12/h2-3H,4H2,1H3. The Morgan fingerprint density at radius 3 is 2.53 bits per heavy atom. The summed E-state index contributed by atoms with van der Waals surface area (Å²) >= 11 is 0. The minimum atomic E-state index is -4.48. The fraction of sp³-hybridized carbons (Fsp3) is 0.375. The zero-order chi connectivity index (χ0) is 11.5. The second-order valence-corrected chi connectivity index (χ2v) is 2.57. The number of ether oxygens (including phenoxy) is 2. The molecule has 0 atom stereocenters. The van der Waals surface area contributed by atoms with Crippen molar-refractivity contribution >= 4 is 0 Å². The molecule has 0 aliphatic rings. The number of rotatable bonds is 3. The molecular weight excluding hydrogens is 218 g/mol. The molecule has 3 nitrogen and oxygen atoms in total. The van der Waals surface area contributed by atoms with Crippen molar-refractivity contribution in [3.05, 3.63) is 18.1 Å². The fourth-order valence-electron chi connectivity index (χ4n) is 0.798. The summed E-state index contributed by atoms with van der Waals surface area (Å²) in [5, 5.41) is 0. The van der Waals surface area contributed by atoms with Crippen molar-refractivity contribution in [3.63, 3.8) is 0 Å². The van der Waals surface area contributed by atoms with Gasteiger partial charge in [0.2, 0.25) is 11.8 Å². The van der Waals surface area contributed by atoms with Crippen LogP contribution in [0.5, 0.6) is 11.6 Å². The summed E-state index contributed by atoms with van der Waals surface area (Å²) < 4.78 is 56.8. The summed E-state index contributed by atoms with van der Waals surface area (Å²) in [7, 11) is 1.25. The highest BCUT2D eigenvalue weighted by Crippen LogP contribution is 2.21. The van der Waals surface area contributed by atoms with E-state index in [1.807, 2.05) is 0 Å². The van der Waals surface area contributed by atoms with E-state index in [1.54, 1.807) is 0 Å². The van der Waals surface area contributed by atoms with Gasteiger partial charge >= 0.3 is 6.18 Å².